The molecule has 2 N–H and O–H groups in total. The van der Waals surface area contributed by atoms with Gasteiger partial charge in [-0.1, -0.05) is 13.8 Å². The van der Waals surface area contributed by atoms with E-state index in [-0.39, 0.29) is 11.0 Å². The van der Waals surface area contributed by atoms with Crippen LogP contribution in [0.2, 0.25) is 0 Å². The third-order valence-corrected chi connectivity index (χ3v) is 2.69. The number of carboxylic acids is 1. The average molecular weight is 265 g/mol. The zero-order valence-electron chi connectivity index (χ0n) is 12.3. The molecule has 1 rings (SSSR count). The number of anilines is 1. The van der Waals surface area contributed by atoms with Crippen LogP contribution < -0.4 is 5.32 Å². The van der Waals surface area contributed by atoms with E-state index in [0.29, 0.717) is 11.5 Å². The van der Waals surface area contributed by atoms with E-state index in [1.54, 1.807) is 19.1 Å². The number of pyridine rings is 1. The number of hydrogen-bond acceptors (Lipinski definition) is 4. The second-order valence-corrected chi connectivity index (χ2v) is 5.94. The molecule has 0 bridgehead atoms. The zero-order valence-corrected chi connectivity index (χ0v) is 12.3. The Hall–Kier alpha value is -1.62. The number of nitrogens with one attached hydrogen (secondary N) is 1. The van der Waals surface area contributed by atoms with Crippen molar-refractivity contribution in [3.63, 3.8) is 0 Å². The molecule has 1 aromatic rings. The lowest BCUT2D eigenvalue weighted by Gasteiger charge is -2.28. The summed E-state index contributed by atoms with van der Waals surface area (Å²) in [4.78, 5) is 17.4. The number of carbonyl (C=O) groups is 1. The fourth-order valence-electron chi connectivity index (χ4n) is 2.12. The minimum Gasteiger partial charge on any atom is -0.478 e. The Morgan fingerprint density at radius 3 is 2.58 bits per heavy atom. The number of rotatable bonds is 6. The van der Waals surface area contributed by atoms with Crippen molar-refractivity contribution in [3.05, 3.63) is 23.4 Å². The van der Waals surface area contributed by atoms with Gasteiger partial charge in [-0.15, -0.1) is 0 Å². The van der Waals surface area contributed by atoms with E-state index in [9.17, 15) is 4.79 Å². The van der Waals surface area contributed by atoms with Gasteiger partial charge in [-0.05, 0) is 38.6 Å². The number of aryl methyl sites for hydroxylation is 1. The monoisotopic (exact) mass is 265 g/mol. The summed E-state index contributed by atoms with van der Waals surface area (Å²) in [6.45, 7) is 7.79. The predicted molar refractivity (Wildman–Crippen MR) is 76.8 cm³/mol. The smallest absolute Gasteiger partial charge is 0.335 e. The van der Waals surface area contributed by atoms with E-state index in [4.69, 9.17) is 5.11 Å². The molecule has 0 radical (unpaired) electrons. The van der Waals surface area contributed by atoms with Gasteiger partial charge in [0.15, 0.2) is 0 Å². The summed E-state index contributed by atoms with van der Waals surface area (Å²) in [6, 6.07) is 3.14. The molecule has 0 aliphatic carbocycles. The SMILES string of the molecule is Cc1cc(C(=O)O)cc(NCC(C)(C)CN(C)C)n1. The first kappa shape index (κ1) is 15.4. The number of aromatic carboxylic acids is 1. The van der Waals surface area contributed by atoms with E-state index >= 15 is 0 Å². The molecular weight excluding hydrogens is 242 g/mol. The van der Waals surface area contributed by atoms with Crippen molar-refractivity contribution in [2.75, 3.05) is 32.5 Å². The molecule has 0 aliphatic heterocycles. The van der Waals surface area contributed by atoms with Crippen molar-refractivity contribution in [1.29, 1.82) is 0 Å². The maximum absolute atomic E-state index is 11.0. The van der Waals surface area contributed by atoms with Gasteiger partial charge in [-0.3, -0.25) is 0 Å². The highest BCUT2D eigenvalue weighted by molar-refractivity contribution is 5.88. The molecule has 0 saturated heterocycles. The molecule has 0 spiro atoms. The molecule has 106 valence electrons. The lowest BCUT2D eigenvalue weighted by Crippen LogP contribution is -2.34. The van der Waals surface area contributed by atoms with Crippen molar-refractivity contribution in [3.8, 4) is 0 Å². The molecule has 0 saturated carbocycles. The van der Waals surface area contributed by atoms with Gasteiger partial charge in [0.2, 0.25) is 0 Å². The Bertz CT molecular complexity index is 456. The summed E-state index contributed by atoms with van der Waals surface area (Å²) in [5, 5.41) is 12.2. The maximum Gasteiger partial charge on any atom is 0.335 e. The zero-order chi connectivity index (χ0) is 14.6. The standard InChI is InChI=1S/C14H23N3O2/c1-10-6-11(13(18)19)7-12(16-10)15-8-14(2,3)9-17(4)5/h6-7H,8-9H2,1-5H3,(H,15,16)(H,18,19). The largest absolute Gasteiger partial charge is 0.478 e. The number of hydrogen-bond donors (Lipinski definition) is 2. The van der Waals surface area contributed by atoms with Crippen LogP contribution in [-0.4, -0.2) is 48.1 Å². The van der Waals surface area contributed by atoms with Crippen molar-refractivity contribution in [1.82, 2.24) is 9.88 Å². The lowest BCUT2D eigenvalue weighted by molar-refractivity contribution is 0.0696. The van der Waals surface area contributed by atoms with Crippen LogP contribution in [0.1, 0.15) is 29.9 Å². The van der Waals surface area contributed by atoms with E-state index in [0.717, 1.165) is 13.1 Å². The fraction of sp³-hybridized carbons (Fsp3) is 0.571. The Kier molecular flexibility index (Phi) is 4.89. The first-order valence-corrected chi connectivity index (χ1v) is 6.30. The van der Waals surface area contributed by atoms with Gasteiger partial charge in [-0.25, -0.2) is 9.78 Å². The number of aromatic nitrogens is 1. The minimum absolute atomic E-state index is 0.0817. The topological polar surface area (TPSA) is 65.5 Å². The Balaban J connectivity index is 2.75. The van der Waals surface area contributed by atoms with E-state index in [1.807, 2.05) is 14.1 Å². The third kappa shape index (κ3) is 5.26. The predicted octanol–water partition coefficient (Wildman–Crippen LogP) is 2.09. The summed E-state index contributed by atoms with van der Waals surface area (Å²) in [5.74, 6) is -0.315. The van der Waals surface area contributed by atoms with Crippen molar-refractivity contribution < 1.29 is 9.90 Å². The van der Waals surface area contributed by atoms with Gasteiger partial charge in [-0.2, -0.15) is 0 Å². The second kappa shape index (κ2) is 6.02. The molecule has 19 heavy (non-hydrogen) atoms. The number of carboxylic acid groups (broad SMARTS) is 1. The highest BCUT2D eigenvalue weighted by Gasteiger charge is 2.19. The lowest BCUT2D eigenvalue weighted by atomic mass is 9.93. The first-order valence-electron chi connectivity index (χ1n) is 6.30. The van der Waals surface area contributed by atoms with Gasteiger partial charge in [0.1, 0.15) is 5.82 Å². The van der Waals surface area contributed by atoms with Crippen LogP contribution in [0.25, 0.3) is 0 Å². The summed E-state index contributed by atoms with van der Waals surface area (Å²) in [7, 11) is 4.07. The van der Waals surface area contributed by atoms with Crippen LogP contribution in [0.5, 0.6) is 0 Å². The Morgan fingerprint density at radius 1 is 1.42 bits per heavy atom. The summed E-state index contributed by atoms with van der Waals surface area (Å²) >= 11 is 0. The molecule has 5 heteroatoms. The molecule has 1 aromatic heterocycles. The van der Waals surface area contributed by atoms with Crippen LogP contribution >= 0.6 is 0 Å². The summed E-state index contributed by atoms with van der Waals surface area (Å²) in [6.07, 6.45) is 0. The molecule has 0 unspecified atom stereocenters. The fourth-order valence-corrected chi connectivity index (χ4v) is 2.12. The normalized spacial score (nSPS) is 11.7. The summed E-state index contributed by atoms with van der Waals surface area (Å²) in [5.41, 5.74) is 1.05. The highest BCUT2D eigenvalue weighted by Crippen LogP contribution is 2.18. The maximum atomic E-state index is 11.0. The second-order valence-electron chi connectivity index (χ2n) is 5.94. The first-order chi connectivity index (χ1) is 8.69. The van der Waals surface area contributed by atoms with Crippen LogP contribution in [0.3, 0.4) is 0 Å². The van der Waals surface area contributed by atoms with Crippen molar-refractivity contribution in [2.24, 2.45) is 5.41 Å². The van der Waals surface area contributed by atoms with Crippen molar-refractivity contribution in [2.45, 2.75) is 20.8 Å². The molecule has 5 nitrogen and oxygen atoms in total. The molecule has 0 atom stereocenters. The molecule has 0 amide bonds. The third-order valence-electron chi connectivity index (χ3n) is 2.69. The van der Waals surface area contributed by atoms with Crippen molar-refractivity contribution >= 4 is 11.8 Å². The van der Waals surface area contributed by atoms with Gasteiger partial charge in [0, 0.05) is 18.8 Å². The van der Waals surface area contributed by atoms with E-state index < -0.39 is 5.97 Å². The van der Waals surface area contributed by atoms with Gasteiger partial charge in [0.05, 0.1) is 5.56 Å². The molecule has 0 aromatic carbocycles. The van der Waals surface area contributed by atoms with Crippen LogP contribution in [-0.2, 0) is 0 Å². The van der Waals surface area contributed by atoms with Gasteiger partial charge < -0.3 is 15.3 Å². The minimum atomic E-state index is -0.930. The average Bonchev–Trinajstić information content (AvgIpc) is 2.24. The van der Waals surface area contributed by atoms with Gasteiger partial charge >= 0.3 is 5.97 Å². The van der Waals surface area contributed by atoms with Gasteiger partial charge in [0.25, 0.3) is 0 Å². The molecule has 0 aliphatic rings. The van der Waals surface area contributed by atoms with Crippen LogP contribution in [0.15, 0.2) is 12.1 Å². The number of nitrogens with zero attached hydrogens (tertiary/aromatic N) is 2. The van der Waals surface area contributed by atoms with E-state index in [1.165, 1.54) is 0 Å². The van der Waals surface area contributed by atoms with Crippen LogP contribution in [0.4, 0.5) is 5.82 Å². The van der Waals surface area contributed by atoms with Crippen LogP contribution in [0, 0.1) is 12.3 Å². The summed E-state index contributed by atoms with van der Waals surface area (Å²) < 4.78 is 0. The Labute approximate surface area is 114 Å². The molecule has 0 fully saturated rings. The Morgan fingerprint density at radius 2 is 2.05 bits per heavy atom. The molecule has 1 heterocycles. The quantitative estimate of drug-likeness (QED) is 0.824. The van der Waals surface area contributed by atoms with E-state index in [2.05, 4.69) is 29.0 Å². The molecular formula is C14H23N3O2. The highest BCUT2D eigenvalue weighted by atomic mass is 16.4.